The van der Waals surface area contributed by atoms with Gasteiger partial charge in [-0.3, -0.25) is 4.79 Å². The average Bonchev–Trinajstić information content (AvgIpc) is 3.06. The van der Waals surface area contributed by atoms with Crippen LogP contribution in [0, 0.1) is 0 Å². The van der Waals surface area contributed by atoms with Gasteiger partial charge in [0.25, 0.3) is 0 Å². The molecule has 5 heteroatoms. The monoisotopic (exact) mass is 290 g/mol. The Bertz CT molecular complexity index is 611. The van der Waals surface area contributed by atoms with Gasteiger partial charge in [-0.1, -0.05) is 18.2 Å². The van der Waals surface area contributed by atoms with Crippen LogP contribution in [0.3, 0.4) is 0 Å². The minimum absolute atomic E-state index is 0.0129. The molecule has 4 nitrogen and oxygen atoms in total. The Balaban J connectivity index is 1.54. The number of hydrogen-bond donors (Lipinski definition) is 3. The van der Waals surface area contributed by atoms with Gasteiger partial charge >= 0.3 is 0 Å². The fourth-order valence-electron chi connectivity index (χ4n) is 2.59. The molecule has 1 aliphatic rings. The van der Waals surface area contributed by atoms with E-state index in [9.17, 15) is 9.90 Å². The van der Waals surface area contributed by atoms with Gasteiger partial charge in [-0.25, -0.2) is 0 Å². The van der Waals surface area contributed by atoms with Gasteiger partial charge in [-0.15, -0.1) is 11.3 Å². The number of β-amino-alcohol motifs (C(OH)–C–C–N with tert-alkyl or cyclic N) is 1. The van der Waals surface area contributed by atoms with Crippen molar-refractivity contribution in [3.05, 3.63) is 35.2 Å². The number of hydrogen-bond acceptors (Lipinski definition) is 4. The summed E-state index contributed by atoms with van der Waals surface area (Å²) in [6, 6.07) is 8.08. The van der Waals surface area contributed by atoms with E-state index in [0.717, 1.165) is 6.42 Å². The molecule has 1 fully saturated rings. The first-order valence-electron chi connectivity index (χ1n) is 6.88. The first kappa shape index (κ1) is 13.5. The zero-order valence-electron chi connectivity index (χ0n) is 11.1. The first-order valence-corrected chi connectivity index (χ1v) is 7.76. The van der Waals surface area contributed by atoms with Crippen LogP contribution >= 0.6 is 11.3 Å². The van der Waals surface area contributed by atoms with Crippen molar-refractivity contribution >= 4 is 27.3 Å². The molecule has 106 valence electrons. The molecule has 0 radical (unpaired) electrons. The summed E-state index contributed by atoms with van der Waals surface area (Å²) in [4.78, 5) is 11.9. The topological polar surface area (TPSA) is 61.4 Å². The predicted molar refractivity (Wildman–Crippen MR) is 81.0 cm³/mol. The molecule has 0 bridgehead atoms. The summed E-state index contributed by atoms with van der Waals surface area (Å²) in [5, 5.41) is 18.8. The van der Waals surface area contributed by atoms with E-state index in [2.05, 4.69) is 28.1 Å². The van der Waals surface area contributed by atoms with Crippen molar-refractivity contribution in [3.8, 4) is 0 Å². The summed E-state index contributed by atoms with van der Waals surface area (Å²) < 4.78 is 1.29. The highest BCUT2D eigenvalue weighted by Gasteiger charge is 2.27. The van der Waals surface area contributed by atoms with Crippen LogP contribution in [0.4, 0.5) is 0 Å². The second-order valence-corrected chi connectivity index (χ2v) is 6.06. The molecule has 3 N–H and O–H groups in total. The Labute approximate surface area is 121 Å². The Kier molecular flexibility index (Phi) is 4.00. The van der Waals surface area contributed by atoms with Crippen LogP contribution in [0.2, 0.25) is 0 Å². The minimum Gasteiger partial charge on any atom is -0.392 e. The molecule has 1 saturated heterocycles. The van der Waals surface area contributed by atoms with Crippen molar-refractivity contribution in [1.82, 2.24) is 10.6 Å². The number of amides is 1. The summed E-state index contributed by atoms with van der Waals surface area (Å²) in [5.41, 5.74) is 1.28. The number of aliphatic hydroxyl groups excluding tert-OH is 1. The highest BCUT2D eigenvalue weighted by atomic mass is 32.1. The number of nitrogens with one attached hydrogen (secondary N) is 2. The summed E-state index contributed by atoms with van der Waals surface area (Å²) in [7, 11) is 0. The van der Waals surface area contributed by atoms with Crippen molar-refractivity contribution in [2.45, 2.75) is 25.0 Å². The van der Waals surface area contributed by atoms with Crippen molar-refractivity contribution < 1.29 is 9.90 Å². The molecule has 2 unspecified atom stereocenters. The third kappa shape index (κ3) is 2.85. The molecule has 1 aromatic heterocycles. The lowest BCUT2D eigenvalue weighted by Crippen LogP contribution is -2.41. The molecule has 2 heterocycles. The van der Waals surface area contributed by atoms with Crippen LogP contribution in [0.15, 0.2) is 29.6 Å². The number of carbonyl (C=O) groups excluding carboxylic acids is 1. The molecule has 1 aromatic carbocycles. The van der Waals surface area contributed by atoms with Crippen molar-refractivity contribution in [1.29, 1.82) is 0 Å². The Morgan fingerprint density at radius 3 is 3.10 bits per heavy atom. The maximum atomic E-state index is 11.9. The number of rotatable bonds is 4. The van der Waals surface area contributed by atoms with E-state index < -0.39 is 6.10 Å². The van der Waals surface area contributed by atoms with Gasteiger partial charge < -0.3 is 15.7 Å². The van der Waals surface area contributed by atoms with Gasteiger partial charge in [0.1, 0.15) is 0 Å². The van der Waals surface area contributed by atoms with E-state index >= 15 is 0 Å². The first-order chi connectivity index (χ1) is 9.74. The molecule has 20 heavy (non-hydrogen) atoms. The van der Waals surface area contributed by atoms with E-state index in [1.165, 1.54) is 15.6 Å². The van der Waals surface area contributed by atoms with Crippen LogP contribution in [0.25, 0.3) is 10.1 Å². The van der Waals surface area contributed by atoms with Crippen molar-refractivity contribution in [2.75, 3.05) is 13.1 Å². The second kappa shape index (κ2) is 5.91. The van der Waals surface area contributed by atoms with E-state index in [1.807, 2.05) is 12.1 Å². The van der Waals surface area contributed by atoms with Crippen molar-refractivity contribution in [2.24, 2.45) is 0 Å². The standard InChI is InChI=1S/C15H18N2O2S/c18-11-7-13(17-8-11)15(19)16-6-5-10-9-20-14-4-2-1-3-12(10)14/h1-4,9,11,13,17-18H,5-8H2,(H,16,19). The highest BCUT2D eigenvalue weighted by molar-refractivity contribution is 7.17. The maximum absolute atomic E-state index is 11.9. The van der Waals surface area contributed by atoms with Crippen molar-refractivity contribution in [3.63, 3.8) is 0 Å². The van der Waals surface area contributed by atoms with E-state index in [0.29, 0.717) is 19.5 Å². The molecule has 0 aliphatic carbocycles. The Morgan fingerprint density at radius 2 is 2.30 bits per heavy atom. The molecular formula is C15H18N2O2S. The lowest BCUT2D eigenvalue weighted by atomic mass is 10.1. The fourth-order valence-corrected chi connectivity index (χ4v) is 3.58. The molecule has 1 amide bonds. The lowest BCUT2D eigenvalue weighted by Gasteiger charge is -2.10. The summed E-state index contributed by atoms with van der Waals surface area (Å²) in [5.74, 6) is -0.0129. The van der Waals surface area contributed by atoms with Crippen LogP contribution < -0.4 is 10.6 Å². The summed E-state index contributed by atoms with van der Waals surface area (Å²) >= 11 is 1.74. The quantitative estimate of drug-likeness (QED) is 0.795. The highest BCUT2D eigenvalue weighted by Crippen LogP contribution is 2.25. The average molecular weight is 290 g/mol. The zero-order valence-corrected chi connectivity index (χ0v) is 12.0. The number of carbonyl (C=O) groups is 1. The minimum atomic E-state index is -0.397. The summed E-state index contributed by atoms with van der Waals surface area (Å²) in [6.07, 6.45) is 0.949. The SMILES string of the molecule is O=C(NCCc1csc2ccccc12)C1CC(O)CN1. The number of fused-ring (bicyclic) bond motifs is 1. The predicted octanol–water partition coefficient (Wildman–Crippen LogP) is 1.28. The number of thiophene rings is 1. The number of aliphatic hydroxyl groups is 1. The van der Waals surface area contributed by atoms with Gasteiger partial charge in [0.15, 0.2) is 0 Å². The fraction of sp³-hybridized carbons (Fsp3) is 0.400. The molecule has 2 atom stereocenters. The van der Waals surface area contributed by atoms with Crippen LogP contribution in [-0.4, -0.2) is 36.2 Å². The van der Waals surface area contributed by atoms with E-state index in [-0.39, 0.29) is 11.9 Å². The normalized spacial score (nSPS) is 22.2. The Morgan fingerprint density at radius 1 is 1.45 bits per heavy atom. The van der Waals surface area contributed by atoms with Crippen LogP contribution in [0.5, 0.6) is 0 Å². The zero-order chi connectivity index (χ0) is 13.9. The third-order valence-corrected chi connectivity index (χ3v) is 4.69. The molecule has 1 aliphatic heterocycles. The van der Waals surface area contributed by atoms with E-state index in [1.54, 1.807) is 11.3 Å². The second-order valence-electron chi connectivity index (χ2n) is 5.15. The maximum Gasteiger partial charge on any atom is 0.237 e. The van der Waals surface area contributed by atoms with Gasteiger partial charge in [-0.2, -0.15) is 0 Å². The largest absolute Gasteiger partial charge is 0.392 e. The molecule has 3 rings (SSSR count). The third-order valence-electron chi connectivity index (χ3n) is 3.68. The van der Waals surface area contributed by atoms with Gasteiger partial charge in [0, 0.05) is 17.8 Å². The Hall–Kier alpha value is -1.43. The molecule has 2 aromatic rings. The van der Waals surface area contributed by atoms with Gasteiger partial charge in [0.05, 0.1) is 12.1 Å². The van der Waals surface area contributed by atoms with E-state index in [4.69, 9.17) is 0 Å². The van der Waals surface area contributed by atoms with Gasteiger partial charge in [0.2, 0.25) is 5.91 Å². The molecular weight excluding hydrogens is 272 g/mol. The smallest absolute Gasteiger partial charge is 0.237 e. The molecule has 0 spiro atoms. The summed E-state index contributed by atoms with van der Waals surface area (Å²) in [6.45, 7) is 1.14. The van der Waals surface area contributed by atoms with Gasteiger partial charge in [-0.05, 0) is 35.2 Å². The number of benzene rings is 1. The lowest BCUT2D eigenvalue weighted by molar-refractivity contribution is -0.122. The van der Waals surface area contributed by atoms with Crippen LogP contribution in [0.1, 0.15) is 12.0 Å². The van der Waals surface area contributed by atoms with Crippen LogP contribution in [-0.2, 0) is 11.2 Å². The molecule has 0 saturated carbocycles.